The molecule has 0 bridgehead atoms. The number of carbonyl (C=O) groups excluding carboxylic acids is 1. The molecule has 0 aliphatic carbocycles. The first-order valence-electron chi connectivity index (χ1n) is 9.52. The van der Waals surface area contributed by atoms with Gasteiger partial charge in [0.2, 0.25) is 15.9 Å². The molecule has 2 heterocycles. The third-order valence-corrected chi connectivity index (χ3v) is 6.90. The zero-order valence-corrected chi connectivity index (χ0v) is 17.1. The molecule has 2 aromatic rings. The maximum Gasteiger partial charge on any atom is 0.238 e. The van der Waals surface area contributed by atoms with Crippen molar-refractivity contribution in [1.29, 1.82) is 0 Å². The molecule has 3 atom stereocenters. The van der Waals surface area contributed by atoms with Crippen LogP contribution in [0, 0.1) is 17.7 Å². The van der Waals surface area contributed by atoms with Gasteiger partial charge in [0.25, 0.3) is 0 Å². The molecule has 2 aromatic carbocycles. The Kier molecular flexibility index (Phi) is 5.36. The Bertz CT molecular complexity index is 1120. The molecule has 2 fully saturated rings. The van der Waals surface area contributed by atoms with Crippen molar-refractivity contribution >= 4 is 15.9 Å². The highest BCUT2D eigenvalue weighted by Crippen LogP contribution is 2.43. The molecule has 0 unspecified atom stereocenters. The van der Waals surface area contributed by atoms with Crippen LogP contribution >= 0.6 is 0 Å². The molecule has 156 valence electrons. The van der Waals surface area contributed by atoms with Crippen molar-refractivity contribution in [3.8, 4) is 11.8 Å². The van der Waals surface area contributed by atoms with E-state index in [0.29, 0.717) is 5.56 Å². The molecule has 1 N–H and O–H groups in total. The summed E-state index contributed by atoms with van der Waals surface area (Å²) in [6, 6.07) is 12.8. The first kappa shape index (κ1) is 20.5. The van der Waals surface area contributed by atoms with Gasteiger partial charge in [-0.25, -0.2) is 12.8 Å². The molecule has 0 saturated carbocycles. The van der Waals surface area contributed by atoms with Crippen LogP contribution in [0.3, 0.4) is 0 Å². The summed E-state index contributed by atoms with van der Waals surface area (Å²) in [5, 5.41) is 9.81. The fourth-order valence-corrected chi connectivity index (χ4v) is 4.96. The number of aliphatic hydroxyl groups excluding tert-OH is 1. The summed E-state index contributed by atoms with van der Waals surface area (Å²) in [5.74, 6) is 5.25. The molecule has 2 aliphatic rings. The molecule has 0 spiro atoms. The second-order valence-electron chi connectivity index (χ2n) is 7.58. The summed E-state index contributed by atoms with van der Waals surface area (Å²) >= 11 is 0. The van der Waals surface area contributed by atoms with Crippen molar-refractivity contribution in [3.05, 3.63) is 71.0 Å². The summed E-state index contributed by atoms with van der Waals surface area (Å²) in [6.07, 6.45) is 1.10. The number of hydrogen-bond acceptors (Lipinski definition) is 4. The van der Waals surface area contributed by atoms with E-state index < -0.39 is 10.0 Å². The van der Waals surface area contributed by atoms with E-state index in [4.69, 9.17) is 0 Å². The van der Waals surface area contributed by atoms with Gasteiger partial charge in [0, 0.05) is 23.6 Å². The fraction of sp³-hybridized carbons (Fsp3) is 0.318. The van der Waals surface area contributed by atoms with E-state index in [-0.39, 0.29) is 49.4 Å². The van der Waals surface area contributed by atoms with Crippen LogP contribution in [-0.4, -0.2) is 66.7 Å². The van der Waals surface area contributed by atoms with Gasteiger partial charge in [-0.15, -0.1) is 0 Å². The largest absolute Gasteiger partial charge is 0.394 e. The number of aliphatic hydroxyl groups is 1. The average molecular weight is 428 g/mol. The first-order valence-corrected chi connectivity index (χ1v) is 11.4. The van der Waals surface area contributed by atoms with Crippen LogP contribution in [0.2, 0.25) is 0 Å². The zero-order chi connectivity index (χ0) is 21.5. The molecule has 6 nitrogen and oxygen atoms in total. The summed E-state index contributed by atoms with van der Waals surface area (Å²) in [6.45, 7) is -0.147. The van der Waals surface area contributed by atoms with E-state index >= 15 is 0 Å². The highest BCUT2D eigenvalue weighted by Gasteiger charge is 2.54. The Morgan fingerprint density at radius 3 is 2.17 bits per heavy atom. The standard InChI is InChI=1S/C22H21FN2O4S/c1-30(28,29)24-12-19-22(20(14-26)25(19)21(27)13-24)17-8-4-15(5-9-17)2-3-16-6-10-18(23)11-7-16/h4-11,19-20,22,26H,12-14H2,1H3/t19-,20-,22+/m0/s1. The molecule has 0 radical (unpaired) electrons. The summed E-state index contributed by atoms with van der Waals surface area (Å²) in [7, 11) is -3.47. The fourth-order valence-electron chi connectivity index (χ4n) is 4.19. The molecule has 1 amide bonds. The van der Waals surface area contributed by atoms with Gasteiger partial charge in [0.05, 0.1) is 31.5 Å². The van der Waals surface area contributed by atoms with Gasteiger partial charge in [-0.1, -0.05) is 24.0 Å². The lowest BCUT2D eigenvalue weighted by molar-refractivity contribution is -0.158. The minimum atomic E-state index is -3.47. The van der Waals surface area contributed by atoms with Crippen LogP contribution in [0.15, 0.2) is 48.5 Å². The van der Waals surface area contributed by atoms with Gasteiger partial charge >= 0.3 is 0 Å². The maximum atomic E-state index is 13.0. The van der Waals surface area contributed by atoms with E-state index in [9.17, 15) is 22.7 Å². The summed E-state index contributed by atoms with van der Waals surface area (Å²) in [5.41, 5.74) is 2.40. The van der Waals surface area contributed by atoms with E-state index in [1.807, 2.05) is 24.3 Å². The minimum Gasteiger partial charge on any atom is -0.394 e. The van der Waals surface area contributed by atoms with Crippen LogP contribution in [0.5, 0.6) is 0 Å². The van der Waals surface area contributed by atoms with E-state index in [2.05, 4.69) is 11.8 Å². The van der Waals surface area contributed by atoms with Gasteiger partial charge in [-0.2, -0.15) is 4.31 Å². The van der Waals surface area contributed by atoms with E-state index in [1.54, 1.807) is 17.0 Å². The van der Waals surface area contributed by atoms with Crippen molar-refractivity contribution in [2.24, 2.45) is 0 Å². The maximum absolute atomic E-state index is 13.0. The Morgan fingerprint density at radius 2 is 1.63 bits per heavy atom. The number of rotatable bonds is 3. The van der Waals surface area contributed by atoms with Crippen LogP contribution < -0.4 is 0 Å². The number of carbonyl (C=O) groups is 1. The predicted molar refractivity (Wildman–Crippen MR) is 109 cm³/mol. The Morgan fingerprint density at radius 1 is 1.07 bits per heavy atom. The molecule has 2 saturated heterocycles. The van der Waals surface area contributed by atoms with Crippen molar-refractivity contribution < 1.29 is 22.7 Å². The smallest absolute Gasteiger partial charge is 0.238 e. The number of amides is 1. The number of benzene rings is 2. The molecular formula is C22H21FN2O4S. The van der Waals surface area contributed by atoms with Crippen molar-refractivity contribution in [2.45, 2.75) is 18.0 Å². The number of piperazine rings is 1. The molecule has 30 heavy (non-hydrogen) atoms. The highest BCUT2D eigenvalue weighted by molar-refractivity contribution is 7.88. The number of sulfonamides is 1. The number of nitrogens with zero attached hydrogens (tertiary/aromatic N) is 2. The second-order valence-corrected chi connectivity index (χ2v) is 9.56. The van der Waals surface area contributed by atoms with Gasteiger partial charge in [-0.3, -0.25) is 4.79 Å². The van der Waals surface area contributed by atoms with Gasteiger partial charge in [0.1, 0.15) is 5.82 Å². The molecule has 4 rings (SSSR count). The van der Waals surface area contributed by atoms with Crippen LogP contribution in [-0.2, 0) is 14.8 Å². The predicted octanol–water partition coefficient (Wildman–Crippen LogP) is 1.16. The van der Waals surface area contributed by atoms with Crippen LogP contribution in [0.1, 0.15) is 22.6 Å². The van der Waals surface area contributed by atoms with Crippen molar-refractivity contribution in [3.63, 3.8) is 0 Å². The minimum absolute atomic E-state index is 0.150. The topological polar surface area (TPSA) is 77.9 Å². The Hall–Kier alpha value is -2.73. The highest BCUT2D eigenvalue weighted by atomic mass is 32.2. The van der Waals surface area contributed by atoms with Gasteiger partial charge in [0.15, 0.2) is 0 Å². The van der Waals surface area contributed by atoms with Crippen molar-refractivity contribution in [1.82, 2.24) is 9.21 Å². The number of hydrogen-bond donors (Lipinski definition) is 1. The second kappa shape index (κ2) is 7.84. The lowest BCUT2D eigenvalue weighted by Gasteiger charge is -2.58. The Balaban J connectivity index is 1.54. The van der Waals surface area contributed by atoms with Gasteiger partial charge in [-0.05, 0) is 42.0 Å². The Labute approximate surface area is 175 Å². The lowest BCUT2D eigenvalue weighted by Crippen LogP contribution is -2.73. The third kappa shape index (κ3) is 3.84. The summed E-state index contributed by atoms with van der Waals surface area (Å²) < 4.78 is 38.0. The molecule has 2 aliphatic heterocycles. The zero-order valence-electron chi connectivity index (χ0n) is 16.3. The molecule has 8 heteroatoms. The SMILES string of the molecule is CS(=O)(=O)N1CC(=O)N2[C@@H](CO)[C@H](c3ccc(C#Cc4ccc(F)cc4)cc3)[C@@H]2C1. The van der Waals surface area contributed by atoms with Crippen molar-refractivity contribution in [2.75, 3.05) is 26.0 Å². The van der Waals surface area contributed by atoms with Crippen LogP contribution in [0.25, 0.3) is 0 Å². The monoisotopic (exact) mass is 428 g/mol. The normalized spacial score (nSPS) is 23.9. The average Bonchev–Trinajstić information content (AvgIpc) is 2.69. The summed E-state index contributed by atoms with van der Waals surface area (Å²) in [4.78, 5) is 14.0. The van der Waals surface area contributed by atoms with Gasteiger partial charge < -0.3 is 10.0 Å². The first-order chi connectivity index (χ1) is 14.3. The van der Waals surface area contributed by atoms with Crippen LogP contribution in [0.4, 0.5) is 4.39 Å². The quantitative estimate of drug-likeness (QED) is 0.745. The number of fused-ring (bicyclic) bond motifs is 1. The number of halogens is 1. The molecule has 0 aromatic heterocycles. The third-order valence-electron chi connectivity index (χ3n) is 5.68. The van der Waals surface area contributed by atoms with E-state index in [0.717, 1.165) is 17.4 Å². The van der Waals surface area contributed by atoms with E-state index in [1.165, 1.54) is 16.4 Å². The molecular weight excluding hydrogens is 407 g/mol. The lowest BCUT2D eigenvalue weighted by atomic mass is 9.74.